The fourth-order valence-electron chi connectivity index (χ4n) is 4.40. The normalized spacial score (nSPS) is 13.9. The Hall–Kier alpha value is -4.43. The fraction of sp³-hybridized carbons (Fsp3) is 0.129. The third-order valence-corrected chi connectivity index (χ3v) is 8.11. The number of amides is 3. The summed E-state index contributed by atoms with van der Waals surface area (Å²) in [6.45, 7) is 1.93. The predicted octanol–water partition coefficient (Wildman–Crippen LogP) is 7.01. The largest absolute Gasteiger partial charge is 0.490 e. The summed E-state index contributed by atoms with van der Waals surface area (Å²) in [5.74, 6) is -0.121. The maximum Gasteiger partial charge on any atom is 0.294 e. The maximum atomic E-state index is 13.1. The number of fused-ring (bicyclic) bond motifs is 1. The number of hydrogen-bond donors (Lipinski definition) is 1. The number of nitro groups is 1. The number of non-ortho nitro benzene ring substituents is 1. The third kappa shape index (κ3) is 6.97. The van der Waals surface area contributed by atoms with Crippen molar-refractivity contribution in [2.45, 2.75) is 13.5 Å². The van der Waals surface area contributed by atoms with Crippen LogP contribution >= 0.6 is 34.4 Å². The van der Waals surface area contributed by atoms with E-state index in [1.165, 1.54) is 12.1 Å². The Bertz CT molecular complexity index is 1770. The molecule has 0 radical (unpaired) electrons. The van der Waals surface area contributed by atoms with Gasteiger partial charge in [-0.25, -0.2) is 0 Å². The van der Waals surface area contributed by atoms with Crippen LogP contribution in [0.1, 0.15) is 18.1 Å². The number of imide groups is 1. The average molecular weight is 710 g/mol. The summed E-state index contributed by atoms with van der Waals surface area (Å²) in [6, 6.07) is 22.7. The van der Waals surface area contributed by atoms with Crippen molar-refractivity contribution < 1.29 is 28.8 Å². The van der Waals surface area contributed by atoms with Gasteiger partial charge in [0.25, 0.3) is 16.8 Å². The maximum absolute atomic E-state index is 13.1. The van der Waals surface area contributed by atoms with Gasteiger partial charge in [-0.05, 0) is 94.2 Å². The van der Waals surface area contributed by atoms with Crippen molar-refractivity contribution in [3.8, 4) is 11.5 Å². The lowest BCUT2D eigenvalue weighted by Gasteiger charge is -2.15. The number of carbonyl (C=O) groups excluding carboxylic acids is 3. The van der Waals surface area contributed by atoms with Gasteiger partial charge in [-0.3, -0.25) is 29.4 Å². The highest BCUT2D eigenvalue weighted by Crippen LogP contribution is 2.38. The topological polar surface area (TPSA) is 128 Å². The Balaban J connectivity index is 1.29. The number of ether oxygens (including phenoxy) is 2. The molecule has 12 heteroatoms. The second-order valence-corrected chi connectivity index (χ2v) is 11.5. The zero-order chi connectivity index (χ0) is 30.5. The molecule has 1 aliphatic rings. The van der Waals surface area contributed by atoms with Crippen LogP contribution in [0.4, 0.5) is 16.2 Å². The number of nitro benzene ring substituents is 1. The van der Waals surface area contributed by atoms with Crippen molar-refractivity contribution in [1.82, 2.24) is 4.90 Å². The van der Waals surface area contributed by atoms with Crippen LogP contribution in [0.2, 0.25) is 0 Å². The number of nitrogens with one attached hydrogen (secondary N) is 1. The number of rotatable bonds is 10. The van der Waals surface area contributed by atoms with Crippen molar-refractivity contribution in [2.75, 3.05) is 18.5 Å². The van der Waals surface area contributed by atoms with Gasteiger partial charge in [0.05, 0.1) is 20.0 Å². The van der Waals surface area contributed by atoms with E-state index in [1.807, 2.05) is 43.3 Å². The molecule has 0 aliphatic carbocycles. The minimum atomic E-state index is -0.561. The van der Waals surface area contributed by atoms with Crippen molar-refractivity contribution in [2.24, 2.45) is 0 Å². The van der Waals surface area contributed by atoms with Gasteiger partial charge in [-0.1, -0.05) is 36.4 Å². The molecule has 0 spiro atoms. The van der Waals surface area contributed by atoms with E-state index in [0.29, 0.717) is 32.9 Å². The lowest BCUT2D eigenvalue weighted by atomic mass is 10.1. The first-order chi connectivity index (χ1) is 20.7. The number of anilines is 1. The number of hydrogen-bond acceptors (Lipinski definition) is 8. The van der Waals surface area contributed by atoms with Crippen LogP contribution in [0, 0.1) is 13.7 Å². The number of thioether (sulfide) groups is 1. The Labute approximate surface area is 264 Å². The third-order valence-electron chi connectivity index (χ3n) is 6.40. The second-order valence-electron chi connectivity index (χ2n) is 9.32. The minimum Gasteiger partial charge on any atom is -0.490 e. The van der Waals surface area contributed by atoms with Crippen molar-refractivity contribution >= 4 is 79.6 Å². The predicted molar refractivity (Wildman–Crippen MR) is 173 cm³/mol. The van der Waals surface area contributed by atoms with Crippen LogP contribution in [0.25, 0.3) is 16.8 Å². The van der Waals surface area contributed by atoms with E-state index < -0.39 is 28.5 Å². The molecule has 1 heterocycles. The lowest BCUT2D eigenvalue weighted by molar-refractivity contribution is -0.384. The molecule has 1 fully saturated rings. The fourth-order valence-corrected chi connectivity index (χ4v) is 6.02. The van der Waals surface area contributed by atoms with Crippen LogP contribution in [-0.2, 0) is 16.2 Å². The average Bonchev–Trinajstić information content (AvgIpc) is 3.24. The molecule has 0 aromatic heterocycles. The first-order valence-corrected chi connectivity index (χ1v) is 15.0. The van der Waals surface area contributed by atoms with Crippen molar-refractivity contribution in [1.29, 1.82) is 0 Å². The van der Waals surface area contributed by atoms with Gasteiger partial charge in [-0.15, -0.1) is 0 Å². The summed E-state index contributed by atoms with van der Waals surface area (Å²) in [7, 11) is 0. The molecule has 0 unspecified atom stereocenters. The van der Waals surface area contributed by atoms with E-state index in [4.69, 9.17) is 9.47 Å². The quantitative estimate of drug-likeness (QED) is 0.0807. The number of carbonyl (C=O) groups is 3. The molecule has 1 N–H and O–H groups in total. The summed E-state index contributed by atoms with van der Waals surface area (Å²) in [4.78, 5) is 50.2. The first-order valence-electron chi connectivity index (χ1n) is 13.1. The lowest BCUT2D eigenvalue weighted by Crippen LogP contribution is -2.36. The minimum absolute atomic E-state index is 0.00690. The van der Waals surface area contributed by atoms with E-state index >= 15 is 0 Å². The van der Waals surface area contributed by atoms with E-state index in [9.17, 15) is 24.5 Å². The highest BCUT2D eigenvalue weighted by molar-refractivity contribution is 14.1. The zero-order valence-corrected chi connectivity index (χ0v) is 25.7. The molecule has 10 nitrogen and oxygen atoms in total. The van der Waals surface area contributed by atoms with Gasteiger partial charge < -0.3 is 14.8 Å². The summed E-state index contributed by atoms with van der Waals surface area (Å²) in [5.41, 5.74) is 1.94. The zero-order valence-electron chi connectivity index (χ0n) is 22.7. The van der Waals surface area contributed by atoms with Gasteiger partial charge >= 0.3 is 0 Å². The molecule has 1 aliphatic heterocycles. The molecule has 3 amide bonds. The summed E-state index contributed by atoms with van der Waals surface area (Å²) in [6.07, 6.45) is 1.58. The van der Waals surface area contributed by atoms with E-state index in [2.05, 4.69) is 27.9 Å². The molecule has 5 rings (SSSR count). The molecule has 0 bridgehead atoms. The van der Waals surface area contributed by atoms with Gasteiger partial charge in [0, 0.05) is 23.2 Å². The van der Waals surface area contributed by atoms with Gasteiger partial charge in [0.15, 0.2) is 11.5 Å². The van der Waals surface area contributed by atoms with E-state index in [1.54, 1.807) is 36.4 Å². The molecule has 4 aromatic carbocycles. The van der Waals surface area contributed by atoms with Gasteiger partial charge in [-0.2, -0.15) is 0 Å². The molecular weight excluding hydrogens is 685 g/mol. The molecule has 43 heavy (non-hydrogen) atoms. The van der Waals surface area contributed by atoms with Gasteiger partial charge in [0.1, 0.15) is 13.2 Å². The Kier molecular flexibility index (Phi) is 9.26. The standard InChI is InChI=1S/C31H24IN3O7S/c1-2-41-26-15-20(14-24(32)29(26)42-18-19-10-12-22(13-11-19)35(39)40)16-27-30(37)34(31(38)43-27)17-28(36)33-25-9-5-7-21-6-3-4-8-23(21)25/h3-16H,2,17-18H2,1H3,(H,33,36)/b27-16+. The molecule has 4 aromatic rings. The van der Waals surface area contributed by atoms with E-state index in [-0.39, 0.29) is 17.2 Å². The SMILES string of the molecule is CCOc1cc(/C=C2/SC(=O)N(CC(=O)Nc3cccc4ccccc34)C2=O)cc(I)c1OCc1ccc([N+](=O)[O-])cc1. The van der Waals surface area contributed by atoms with Gasteiger partial charge in [0.2, 0.25) is 5.91 Å². The summed E-state index contributed by atoms with van der Waals surface area (Å²) in [5, 5.41) is 15.0. The smallest absolute Gasteiger partial charge is 0.294 e. The summed E-state index contributed by atoms with van der Waals surface area (Å²) < 4.78 is 12.5. The number of halogens is 1. The van der Waals surface area contributed by atoms with Crippen LogP contribution in [0.3, 0.4) is 0 Å². The van der Waals surface area contributed by atoms with Crippen LogP contribution < -0.4 is 14.8 Å². The van der Waals surface area contributed by atoms with Crippen molar-refractivity contribution in [3.63, 3.8) is 0 Å². The molecular formula is C31H24IN3O7S. The molecule has 0 atom stereocenters. The summed E-state index contributed by atoms with van der Waals surface area (Å²) >= 11 is 2.86. The Morgan fingerprint density at radius 2 is 1.79 bits per heavy atom. The van der Waals surface area contributed by atoms with Crippen LogP contribution in [0.15, 0.2) is 83.8 Å². The van der Waals surface area contributed by atoms with Crippen molar-refractivity contribution in [3.05, 3.63) is 109 Å². The molecule has 1 saturated heterocycles. The Morgan fingerprint density at radius 3 is 2.53 bits per heavy atom. The molecule has 0 saturated carbocycles. The Morgan fingerprint density at radius 1 is 1.05 bits per heavy atom. The van der Waals surface area contributed by atoms with Crippen LogP contribution in [-0.4, -0.2) is 40.0 Å². The molecule has 218 valence electrons. The number of benzene rings is 4. The van der Waals surface area contributed by atoms with Crippen LogP contribution in [0.5, 0.6) is 11.5 Å². The number of nitrogens with zero attached hydrogens (tertiary/aromatic N) is 2. The monoisotopic (exact) mass is 709 g/mol. The highest BCUT2D eigenvalue weighted by atomic mass is 127. The highest BCUT2D eigenvalue weighted by Gasteiger charge is 2.36. The van der Waals surface area contributed by atoms with E-state index in [0.717, 1.165) is 33.0 Å². The first kappa shape index (κ1) is 30.0. The second kappa shape index (κ2) is 13.3.